The number of ether oxygens (including phenoxy) is 2. The fraction of sp³-hybridized carbons (Fsp3) is 0.444. The molecule has 6 nitrogen and oxygen atoms in total. The van der Waals surface area contributed by atoms with Crippen molar-refractivity contribution in [1.29, 1.82) is 0 Å². The van der Waals surface area contributed by atoms with Gasteiger partial charge >= 0.3 is 6.09 Å². The molecule has 0 atom stereocenters. The average Bonchev–Trinajstić information content (AvgIpc) is 2.19. The topological polar surface area (TPSA) is 69.0 Å². The van der Waals surface area contributed by atoms with Crippen LogP contribution < -0.4 is 5.32 Å². The second-order valence-corrected chi connectivity index (χ2v) is 2.24. The summed E-state index contributed by atoms with van der Waals surface area (Å²) in [6, 6.07) is 0. The van der Waals surface area contributed by atoms with Crippen LogP contribution in [0.1, 0.15) is 13.8 Å². The van der Waals surface area contributed by atoms with E-state index in [1.54, 1.807) is 13.8 Å². The molecule has 0 saturated heterocycles. The number of carbonyl (C=O) groups excluding carboxylic acids is 2. The van der Waals surface area contributed by atoms with Gasteiger partial charge in [0.25, 0.3) is 11.6 Å². The zero-order valence-electron chi connectivity index (χ0n) is 8.57. The van der Waals surface area contributed by atoms with E-state index in [0.29, 0.717) is 6.61 Å². The third-order valence-corrected chi connectivity index (χ3v) is 1.21. The normalized spacial score (nSPS) is 10.1. The van der Waals surface area contributed by atoms with Crippen molar-refractivity contribution in [3.63, 3.8) is 0 Å². The largest absolute Gasteiger partial charge is 0.512 e. The number of carbonyl (C=O) groups is 2. The van der Waals surface area contributed by atoms with Gasteiger partial charge in [0, 0.05) is 0 Å². The van der Waals surface area contributed by atoms with Crippen LogP contribution in [0.3, 0.4) is 0 Å². The highest BCUT2D eigenvalue weighted by Crippen LogP contribution is 1.97. The fourth-order valence-electron chi connectivity index (χ4n) is 0.617. The second kappa shape index (κ2) is 7.38. The van der Waals surface area contributed by atoms with Gasteiger partial charge in [-0.05, 0) is 13.8 Å². The summed E-state index contributed by atoms with van der Waals surface area (Å²) in [5, 5.41) is 1.88. The molecule has 15 heavy (non-hydrogen) atoms. The molecule has 1 N–H and O–H groups in total. The molecule has 0 fully saturated rings. The summed E-state index contributed by atoms with van der Waals surface area (Å²) in [6.45, 7) is 10.5. The Hall–Kier alpha value is -2.03. The minimum Gasteiger partial charge on any atom is -0.512 e. The molecule has 2 amide bonds. The summed E-state index contributed by atoms with van der Waals surface area (Å²) in [7, 11) is 0. The SMILES string of the molecule is [C-]#[N+]C(=COCC)C(=O)NC(=O)OCC. The van der Waals surface area contributed by atoms with Crippen LogP contribution in [0, 0.1) is 6.57 Å². The van der Waals surface area contributed by atoms with Crippen molar-refractivity contribution in [3.8, 4) is 0 Å². The van der Waals surface area contributed by atoms with Gasteiger partial charge in [0.15, 0.2) is 0 Å². The van der Waals surface area contributed by atoms with E-state index in [1.165, 1.54) is 0 Å². The number of imide groups is 1. The molecule has 0 aliphatic carbocycles. The first kappa shape index (κ1) is 13.0. The first-order chi connectivity index (χ1) is 7.15. The molecule has 0 aromatic rings. The zero-order valence-corrected chi connectivity index (χ0v) is 8.57. The molecule has 0 aromatic carbocycles. The predicted molar refractivity (Wildman–Crippen MR) is 51.5 cm³/mol. The molecule has 0 saturated carbocycles. The Morgan fingerprint density at radius 3 is 2.53 bits per heavy atom. The monoisotopic (exact) mass is 212 g/mol. The van der Waals surface area contributed by atoms with E-state index in [9.17, 15) is 9.59 Å². The van der Waals surface area contributed by atoms with Crippen LogP contribution in [-0.2, 0) is 14.3 Å². The van der Waals surface area contributed by atoms with Gasteiger partial charge in [0.05, 0.1) is 26.0 Å². The van der Waals surface area contributed by atoms with Crippen molar-refractivity contribution in [2.24, 2.45) is 0 Å². The van der Waals surface area contributed by atoms with Gasteiger partial charge in [-0.15, -0.1) is 0 Å². The maximum Gasteiger partial charge on any atom is 0.413 e. The molecular weight excluding hydrogens is 200 g/mol. The van der Waals surface area contributed by atoms with Gasteiger partial charge in [-0.25, -0.2) is 9.64 Å². The van der Waals surface area contributed by atoms with Gasteiger partial charge in [-0.1, -0.05) is 0 Å². The van der Waals surface area contributed by atoms with E-state index in [-0.39, 0.29) is 12.3 Å². The molecule has 0 aromatic heterocycles. The fourth-order valence-corrected chi connectivity index (χ4v) is 0.617. The molecule has 0 bridgehead atoms. The van der Waals surface area contributed by atoms with E-state index < -0.39 is 12.0 Å². The minimum absolute atomic E-state index is 0.154. The number of hydrogen-bond acceptors (Lipinski definition) is 4. The molecule has 0 unspecified atom stereocenters. The quantitative estimate of drug-likeness (QED) is 0.429. The lowest BCUT2D eigenvalue weighted by atomic mass is 10.4. The lowest BCUT2D eigenvalue weighted by molar-refractivity contribution is -0.116. The maximum atomic E-state index is 11.2. The highest BCUT2D eigenvalue weighted by Gasteiger charge is 2.14. The Balaban J connectivity index is 4.30. The van der Waals surface area contributed by atoms with Crippen LogP contribution in [0.25, 0.3) is 4.85 Å². The third-order valence-electron chi connectivity index (χ3n) is 1.21. The van der Waals surface area contributed by atoms with Crippen molar-refractivity contribution in [1.82, 2.24) is 5.32 Å². The molecule has 0 spiro atoms. The van der Waals surface area contributed by atoms with Gasteiger partial charge in [0.2, 0.25) is 0 Å². The first-order valence-electron chi connectivity index (χ1n) is 4.33. The van der Waals surface area contributed by atoms with Crippen molar-refractivity contribution >= 4 is 12.0 Å². The Labute approximate surface area is 87.7 Å². The Bertz CT molecular complexity index is 304. The van der Waals surface area contributed by atoms with Crippen LogP contribution in [0.15, 0.2) is 12.0 Å². The summed E-state index contributed by atoms with van der Waals surface area (Å²) in [6.07, 6.45) is 0.121. The summed E-state index contributed by atoms with van der Waals surface area (Å²) in [5.41, 5.74) is -0.301. The van der Waals surface area contributed by atoms with Gasteiger partial charge in [-0.2, -0.15) is 0 Å². The molecular formula is C9H12N2O4. The molecule has 0 aliphatic heterocycles. The third kappa shape index (κ3) is 5.31. The summed E-state index contributed by atoms with van der Waals surface area (Å²) < 4.78 is 9.23. The van der Waals surface area contributed by atoms with Crippen molar-refractivity contribution in [2.75, 3.05) is 13.2 Å². The molecule has 82 valence electrons. The van der Waals surface area contributed by atoms with Crippen molar-refractivity contribution < 1.29 is 19.1 Å². The van der Waals surface area contributed by atoms with Crippen molar-refractivity contribution in [2.45, 2.75) is 13.8 Å². The number of nitrogens with one attached hydrogen (secondary N) is 1. The summed E-state index contributed by atoms with van der Waals surface area (Å²) in [5.74, 6) is -0.836. The predicted octanol–water partition coefficient (Wildman–Crippen LogP) is 1.06. The number of amides is 2. The Kier molecular flexibility index (Phi) is 6.38. The Morgan fingerprint density at radius 1 is 1.40 bits per heavy atom. The number of nitrogens with zero attached hydrogens (tertiary/aromatic N) is 1. The van der Waals surface area contributed by atoms with Crippen LogP contribution in [0.4, 0.5) is 4.79 Å². The molecule has 0 aliphatic rings. The van der Waals surface area contributed by atoms with Crippen LogP contribution in [-0.4, -0.2) is 25.2 Å². The van der Waals surface area contributed by atoms with Gasteiger partial charge < -0.3 is 9.47 Å². The highest BCUT2D eigenvalue weighted by atomic mass is 16.5. The molecule has 6 heteroatoms. The molecule has 0 heterocycles. The molecule has 0 radical (unpaired) electrons. The average molecular weight is 212 g/mol. The lowest BCUT2D eigenvalue weighted by Crippen LogP contribution is -2.31. The van der Waals surface area contributed by atoms with Gasteiger partial charge in [-0.3, -0.25) is 10.1 Å². The summed E-state index contributed by atoms with van der Waals surface area (Å²) >= 11 is 0. The standard InChI is InChI=1S/C9H12N2O4/c1-4-14-6-7(10-3)8(12)11-9(13)15-5-2/h6H,4-5H2,1-2H3,(H,11,12,13). The van der Waals surface area contributed by atoms with Gasteiger partial charge in [0.1, 0.15) is 0 Å². The van der Waals surface area contributed by atoms with Crippen LogP contribution in [0.5, 0.6) is 0 Å². The van der Waals surface area contributed by atoms with E-state index in [4.69, 9.17) is 11.3 Å². The number of alkyl carbamates (subject to hydrolysis) is 1. The number of hydrogen-bond donors (Lipinski definition) is 1. The first-order valence-corrected chi connectivity index (χ1v) is 4.33. The van der Waals surface area contributed by atoms with E-state index in [2.05, 4.69) is 9.58 Å². The van der Waals surface area contributed by atoms with E-state index >= 15 is 0 Å². The maximum absolute atomic E-state index is 11.2. The Morgan fingerprint density at radius 2 is 2.07 bits per heavy atom. The lowest BCUT2D eigenvalue weighted by Gasteiger charge is -2.02. The van der Waals surface area contributed by atoms with E-state index in [0.717, 1.165) is 6.26 Å². The minimum atomic E-state index is -0.881. The van der Waals surface area contributed by atoms with Crippen molar-refractivity contribution in [3.05, 3.63) is 23.4 Å². The second-order valence-electron chi connectivity index (χ2n) is 2.24. The zero-order chi connectivity index (χ0) is 11.7. The summed E-state index contributed by atoms with van der Waals surface area (Å²) in [4.78, 5) is 24.9. The molecule has 0 rings (SSSR count). The van der Waals surface area contributed by atoms with Crippen LogP contribution >= 0.6 is 0 Å². The van der Waals surface area contributed by atoms with Crippen LogP contribution in [0.2, 0.25) is 0 Å². The number of rotatable bonds is 4. The highest BCUT2D eigenvalue weighted by molar-refractivity contribution is 6.03. The smallest absolute Gasteiger partial charge is 0.413 e. The van der Waals surface area contributed by atoms with E-state index in [1.807, 2.05) is 5.32 Å².